The fraction of sp³-hybridized carbons (Fsp3) is 0.455. The van der Waals surface area contributed by atoms with Crippen LogP contribution in [0.25, 0.3) is 0 Å². The van der Waals surface area contributed by atoms with Gasteiger partial charge >= 0.3 is 5.97 Å². The summed E-state index contributed by atoms with van der Waals surface area (Å²) in [7, 11) is 0. The Balaban J connectivity index is 2.51. The third kappa shape index (κ3) is 5.52. The van der Waals surface area contributed by atoms with Crippen molar-refractivity contribution in [1.29, 1.82) is 0 Å². The molecule has 0 saturated heterocycles. The SMILES string of the molecule is CC(C)NC(CSc1ccc(Br)cn1)C(=O)O. The van der Waals surface area contributed by atoms with Crippen molar-refractivity contribution in [2.45, 2.75) is 31.0 Å². The van der Waals surface area contributed by atoms with Gasteiger partial charge in [-0.3, -0.25) is 4.79 Å². The summed E-state index contributed by atoms with van der Waals surface area (Å²) in [4.78, 5) is 15.2. The highest BCUT2D eigenvalue weighted by molar-refractivity contribution is 9.10. The van der Waals surface area contributed by atoms with Crippen LogP contribution in [0, 0.1) is 0 Å². The molecule has 0 aromatic carbocycles. The molecule has 6 heteroatoms. The zero-order chi connectivity index (χ0) is 12.8. The molecule has 0 saturated carbocycles. The number of hydrogen-bond acceptors (Lipinski definition) is 4. The van der Waals surface area contributed by atoms with Crippen molar-refractivity contribution in [2.75, 3.05) is 5.75 Å². The van der Waals surface area contributed by atoms with Crippen molar-refractivity contribution < 1.29 is 9.90 Å². The molecule has 0 aliphatic rings. The maximum Gasteiger partial charge on any atom is 0.321 e. The number of carboxylic acid groups (broad SMARTS) is 1. The number of aromatic nitrogens is 1. The molecular weight excluding hydrogens is 304 g/mol. The Morgan fingerprint density at radius 2 is 2.29 bits per heavy atom. The van der Waals surface area contributed by atoms with Gasteiger partial charge in [-0.1, -0.05) is 13.8 Å². The maximum atomic E-state index is 11.0. The first-order chi connectivity index (χ1) is 7.99. The minimum Gasteiger partial charge on any atom is -0.480 e. The van der Waals surface area contributed by atoms with Crippen LogP contribution >= 0.6 is 27.7 Å². The predicted octanol–water partition coefficient (Wildman–Crippen LogP) is 2.39. The van der Waals surface area contributed by atoms with Crippen LogP contribution < -0.4 is 5.32 Å². The van der Waals surface area contributed by atoms with Crippen LogP contribution in [0.2, 0.25) is 0 Å². The zero-order valence-corrected chi connectivity index (χ0v) is 12.1. The van der Waals surface area contributed by atoms with Crippen LogP contribution in [0.5, 0.6) is 0 Å². The normalized spacial score (nSPS) is 12.7. The lowest BCUT2D eigenvalue weighted by molar-refractivity contribution is -0.139. The van der Waals surface area contributed by atoms with Gasteiger partial charge in [-0.15, -0.1) is 11.8 Å². The summed E-state index contributed by atoms with van der Waals surface area (Å²) in [6.07, 6.45) is 1.70. The molecular formula is C11H15BrN2O2S. The number of carbonyl (C=O) groups is 1. The second-order valence-corrected chi connectivity index (χ2v) is 5.79. The molecule has 94 valence electrons. The van der Waals surface area contributed by atoms with Crippen molar-refractivity contribution in [1.82, 2.24) is 10.3 Å². The summed E-state index contributed by atoms with van der Waals surface area (Å²) in [5, 5.41) is 12.9. The van der Waals surface area contributed by atoms with E-state index in [0.717, 1.165) is 9.50 Å². The average molecular weight is 319 g/mol. The van der Waals surface area contributed by atoms with Crippen LogP contribution in [0.1, 0.15) is 13.8 Å². The number of halogens is 1. The Hall–Kier alpha value is -0.590. The molecule has 0 radical (unpaired) electrons. The number of aliphatic carboxylic acids is 1. The molecule has 0 bridgehead atoms. The average Bonchev–Trinajstić information content (AvgIpc) is 2.25. The third-order valence-corrected chi connectivity index (χ3v) is 3.44. The molecule has 1 atom stereocenters. The highest BCUT2D eigenvalue weighted by Gasteiger charge is 2.18. The Morgan fingerprint density at radius 1 is 1.59 bits per heavy atom. The van der Waals surface area contributed by atoms with Gasteiger partial charge in [-0.2, -0.15) is 0 Å². The van der Waals surface area contributed by atoms with Gasteiger partial charge in [0.25, 0.3) is 0 Å². The number of carboxylic acids is 1. The molecule has 0 amide bonds. The second kappa shape index (κ2) is 6.98. The Bertz CT molecular complexity index is 370. The lowest BCUT2D eigenvalue weighted by atomic mass is 10.3. The van der Waals surface area contributed by atoms with Crippen LogP contribution in [-0.4, -0.2) is 33.9 Å². The molecule has 4 nitrogen and oxygen atoms in total. The van der Waals surface area contributed by atoms with E-state index in [0.29, 0.717) is 5.75 Å². The van der Waals surface area contributed by atoms with Crippen molar-refractivity contribution in [3.05, 3.63) is 22.8 Å². The van der Waals surface area contributed by atoms with E-state index in [-0.39, 0.29) is 6.04 Å². The van der Waals surface area contributed by atoms with E-state index in [2.05, 4.69) is 26.2 Å². The maximum absolute atomic E-state index is 11.0. The van der Waals surface area contributed by atoms with Crippen LogP contribution in [0.3, 0.4) is 0 Å². The smallest absolute Gasteiger partial charge is 0.321 e. The van der Waals surface area contributed by atoms with Gasteiger partial charge in [0, 0.05) is 22.5 Å². The number of pyridine rings is 1. The van der Waals surface area contributed by atoms with Crippen molar-refractivity contribution >= 4 is 33.7 Å². The van der Waals surface area contributed by atoms with E-state index in [1.807, 2.05) is 26.0 Å². The fourth-order valence-electron chi connectivity index (χ4n) is 1.21. The zero-order valence-electron chi connectivity index (χ0n) is 9.68. The molecule has 17 heavy (non-hydrogen) atoms. The number of hydrogen-bond donors (Lipinski definition) is 2. The monoisotopic (exact) mass is 318 g/mol. The van der Waals surface area contributed by atoms with Gasteiger partial charge in [0.2, 0.25) is 0 Å². The number of rotatable bonds is 6. The fourth-order valence-corrected chi connectivity index (χ4v) is 2.31. The highest BCUT2D eigenvalue weighted by Crippen LogP contribution is 2.18. The lowest BCUT2D eigenvalue weighted by Gasteiger charge is -2.16. The summed E-state index contributed by atoms with van der Waals surface area (Å²) < 4.78 is 0.914. The van der Waals surface area contributed by atoms with Crippen LogP contribution in [-0.2, 0) is 4.79 Å². The van der Waals surface area contributed by atoms with Crippen molar-refractivity contribution in [3.63, 3.8) is 0 Å². The quantitative estimate of drug-likeness (QED) is 0.788. The van der Waals surface area contributed by atoms with E-state index >= 15 is 0 Å². The van der Waals surface area contributed by atoms with Gasteiger partial charge in [0.15, 0.2) is 0 Å². The van der Waals surface area contributed by atoms with Crippen molar-refractivity contribution in [2.24, 2.45) is 0 Å². The number of nitrogens with one attached hydrogen (secondary N) is 1. The molecule has 0 aliphatic heterocycles. The predicted molar refractivity (Wildman–Crippen MR) is 72.4 cm³/mol. The first-order valence-electron chi connectivity index (χ1n) is 5.22. The minimum absolute atomic E-state index is 0.148. The van der Waals surface area contributed by atoms with Gasteiger partial charge in [-0.05, 0) is 28.1 Å². The largest absolute Gasteiger partial charge is 0.480 e. The standard InChI is InChI=1S/C11H15BrN2O2S/c1-7(2)14-9(11(15)16)6-17-10-4-3-8(12)5-13-10/h3-5,7,9,14H,6H2,1-2H3,(H,15,16). The third-order valence-electron chi connectivity index (χ3n) is 1.93. The Labute approximate surface area is 113 Å². The molecule has 0 spiro atoms. The van der Waals surface area contributed by atoms with Crippen LogP contribution in [0.15, 0.2) is 27.8 Å². The van der Waals surface area contributed by atoms with Gasteiger partial charge in [0.1, 0.15) is 6.04 Å². The summed E-state index contributed by atoms with van der Waals surface area (Å²) in [5.74, 6) is -0.370. The molecule has 1 aromatic heterocycles. The van der Waals surface area contributed by atoms with E-state index in [1.165, 1.54) is 11.8 Å². The number of thioether (sulfide) groups is 1. The first kappa shape index (κ1) is 14.5. The Morgan fingerprint density at radius 3 is 2.76 bits per heavy atom. The van der Waals surface area contributed by atoms with E-state index in [1.54, 1.807) is 6.20 Å². The van der Waals surface area contributed by atoms with Gasteiger partial charge in [-0.25, -0.2) is 4.98 Å². The first-order valence-corrected chi connectivity index (χ1v) is 7.00. The van der Waals surface area contributed by atoms with E-state index < -0.39 is 12.0 Å². The molecule has 0 fully saturated rings. The molecule has 1 aromatic rings. The van der Waals surface area contributed by atoms with Gasteiger partial charge in [0.05, 0.1) is 5.03 Å². The summed E-state index contributed by atoms with van der Waals surface area (Å²) in [6, 6.07) is 3.35. The van der Waals surface area contributed by atoms with Crippen molar-refractivity contribution in [3.8, 4) is 0 Å². The van der Waals surface area contributed by atoms with Gasteiger partial charge < -0.3 is 10.4 Å². The summed E-state index contributed by atoms with van der Waals surface area (Å²) in [6.45, 7) is 3.86. The number of nitrogens with zero attached hydrogens (tertiary/aromatic N) is 1. The molecule has 1 unspecified atom stereocenters. The lowest BCUT2D eigenvalue weighted by Crippen LogP contribution is -2.42. The van der Waals surface area contributed by atoms with E-state index in [4.69, 9.17) is 5.11 Å². The molecule has 1 heterocycles. The molecule has 2 N–H and O–H groups in total. The highest BCUT2D eigenvalue weighted by atomic mass is 79.9. The van der Waals surface area contributed by atoms with E-state index in [9.17, 15) is 4.79 Å². The Kier molecular flexibility index (Phi) is 5.94. The summed E-state index contributed by atoms with van der Waals surface area (Å²) >= 11 is 4.74. The molecule has 0 aliphatic carbocycles. The van der Waals surface area contributed by atoms with Crippen LogP contribution in [0.4, 0.5) is 0 Å². The molecule has 1 rings (SSSR count). The minimum atomic E-state index is -0.830. The second-order valence-electron chi connectivity index (χ2n) is 3.84. The summed E-state index contributed by atoms with van der Waals surface area (Å²) in [5.41, 5.74) is 0. The topological polar surface area (TPSA) is 62.2 Å².